The summed E-state index contributed by atoms with van der Waals surface area (Å²) in [5, 5.41) is 13.3. The molecule has 2 atom stereocenters. The van der Waals surface area contributed by atoms with Crippen LogP contribution in [0.25, 0.3) is 0 Å². The first-order valence-electron chi connectivity index (χ1n) is 10.9. The fraction of sp³-hybridized carbons (Fsp3) is 0.522. The van der Waals surface area contributed by atoms with E-state index < -0.39 is 11.7 Å². The minimum absolute atomic E-state index is 0.0374. The van der Waals surface area contributed by atoms with E-state index >= 15 is 0 Å². The molecule has 2 aliphatic rings. The number of aryl methyl sites for hydroxylation is 1. The van der Waals surface area contributed by atoms with Gasteiger partial charge in [-0.3, -0.25) is 9.48 Å². The number of likely N-dealkylation sites (tertiary alicyclic amines) is 1. The van der Waals surface area contributed by atoms with E-state index in [2.05, 4.69) is 5.10 Å². The molecule has 1 amide bonds. The zero-order valence-electron chi connectivity index (χ0n) is 18.6. The summed E-state index contributed by atoms with van der Waals surface area (Å²) in [5.41, 5.74) is -0.757. The quantitative estimate of drug-likeness (QED) is 0.683. The lowest BCUT2D eigenvalue weighted by Gasteiger charge is -2.44. The van der Waals surface area contributed by atoms with Gasteiger partial charge in [0.1, 0.15) is 5.69 Å². The van der Waals surface area contributed by atoms with E-state index in [1.165, 1.54) is 6.07 Å². The number of benzene rings is 1. The number of hydrogen-bond acceptors (Lipinski definition) is 5. The Labute approximate surface area is 190 Å². The third-order valence-corrected chi connectivity index (χ3v) is 6.74. The van der Waals surface area contributed by atoms with Crippen LogP contribution in [0.1, 0.15) is 35.0 Å². The summed E-state index contributed by atoms with van der Waals surface area (Å²) in [6, 6.07) is 7.16. The second-order valence-electron chi connectivity index (χ2n) is 8.79. The highest BCUT2D eigenvalue weighted by Gasteiger charge is 2.51. The van der Waals surface area contributed by atoms with Gasteiger partial charge in [0.25, 0.3) is 5.91 Å². The highest BCUT2D eigenvalue weighted by atomic mass is 19.4. The highest BCUT2D eigenvalue weighted by Crippen LogP contribution is 2.45. The maximum atomic E-state index is 13.5. The fourth-order valence-corrected chi connectivity index (χ4v) is 4.97. The zero-order valence-corrected chi connectivity index (χ0v) is 18.6. The van der Waals surface area contributed by atoms with Crippen LogP contribution in [0.2, 0.25) is 0 Å². The first-order valence-corrected chi connectivity index (χ1v) is 10.9. The Hall–Kier alpha value is -3.06. The lowest BCUT2D eigenvalue weighted by Crippen LogP contribution is -2.49. The number of hydrogen-bond donors (Lipinski definition) is 0. The topological polar surface area (TPSA) is 74.4 Å². The molecule has 33 heavy (non-hydrogen) atoms. The lowest BCUT2D eigenvalue weighted by molar-refractivity contribution is -0.137. The summed E-state index contributed by atoms with van der Waals surface area (Å²) >= 11 is 0. The van der Waals surface area contributed by atoms with Gasteiger partial charge in [0, 0.05) is 63.1 Å². The van der Waals surface area contributed by atoms with Gasteiger partial charge in [-0.15, -0.1) is 0 Å². The van der Waals surface area contributed by atoms with Gasteiger partial charge in [-0.25, -0.2) is 0 Å². The summed E-state index contributed by atoms with van der Waals surface area (Å²) in [5.74, 6) is -0.111. The van der Waals surface area contributed by atoms with Crippen molar-refractivity contribution in [3.8, 4) is 6.07 Å². The Morgan fingerprint density at radius 1 is 1.33 bits per heavy atom. The summed E-state index contributed by atoms with van der Waals surface area (Å²) in [6.07, 6.45) is -2.20. The molecule has 176 valence electrons. The molecule has 0 radical (unpaired) electrons. The average molecular weight is 461 g/mol. The Morgan fingerprint density at radius 2 is 2.12 bits per heavy atom. The standard InChI is InChI=1S/C23H26F3N5O2/c1-3-33-15-22-7-9-30(18-5-4-16(11-27)19(10-18)23(24,25)26)12-17(22)13-31(14-22)21(32)20-6-8-29(2)28-20/h4-6,8,10,17H,3,7,9,12-15H2,1-2H3/t17-,22+/m1/s1. The van der Waals surface area contributed by atoms with E-state index in [1.807, 2.05) is 11.8 Å². The summed E-state index contributed by atoms with van der Waals surface area (Å²) in [4.78, 5) is 16.7. The largest absolute Gasteiger partial charge is 0.417 e. The maximum Gasteiger partial charge on any atom is 0.417 e. The van der Waals surface area contributed by atoms with Crippen LogP contribution < -0.4 is 4.90 Å². The lowest BCUT2D eigenvalue weighted by atomic mass is 9.73. The number of carbonyl (C=O) groups excluding carboxylic acids is 1. The molecule has 3 heterocycles. The maximum absolute atomic E-state index is 13.5. The first kappa shape index (κ1) is 23.1. The summed E-state index contributed by atoms with van der Waals surface area (Å²) in [7, 11) is 1.75. The van der Waals surface area contributed by atoms with Crippen molar-refractivity contribution in [2.75, 3.05) is 44.3 Å². The van der Waals surface area contributed by atoms with Crippen LogP contribution >= 0.6 is 0 Å². The SMILES string of the molecule is CCOC[C@@]12CCN(c3ccc(C#N)c(C(F)(F)F)c3)C[C@@H]1CN(C(=O)c1ccn(C)n1)C2. The second-order valence-corrected chi connectivity index (χ2v) is 8.79. The van der Waals surface area contributed by atoms with Crippen molar-refractivity contribution in [1.82, 2.24) is 14.7 Å². The number of halogens is 3. The monoisotopic (exact) mass is 461 g/mol. The molecule has 10 heteroatoms. The van der Waals surface area contributed by atoms with Gasteiger partial charge < -0.3 is 14.5 Å². The first-order chi connectivity index (χ1) is 15.7. The van der Waals surface area contributed by atoms with Gasteiger partial charge in [-0.05, 0) is 37.6 Å². The van der Waals surface area contributed by atoms with Crippen molar-refractivity contribution < 1.29 is 22.7 Å². The number of nitrogens with zero attached hydrogens (tertiary/aromatic N) is 5. The van der Waals surface area contributed by atoms with Crippen LogP contribution in [-0.2, 0) is 18.0 Å². The number of fused-ring (bicyclic) bond motifs is 1. The predicted octanol–water partition coefficient (Wildman–Crippen LogP) is 3.32. The molecule has 7 nitrogen and oxygen atoms in total. The third kappa shape index (κ3) is 4.42. The molecule has 2 fully saturated rings. The van der Waals surface area contributed by atoms with Gasteiger partial charge in [0.2, 0.25) is 0 Å². The molecular formula is C23H26F3N5O2. The van der Waals surface area contributed by atoms with E-state index in [4.69, 9.17) is 10.00 Å². The van der Waals surface area contributed by atoms with E-state index in [1.54, 1.807) is 41.0 Å². The number of amides is 1. The smallest absolute Gasteiger partial charge is 0.381 e. The Morgan fingerprint density at radius 3 is 2.76 bits per heavy atom. The normalized spacial score (nSPS) is 22.8. The van der Waals surface area contributed by atoms with Gasteiger partial charge >= 0.3 is 6.18 Å². The van der Waals surface area contributed by atoms with Crippen molar-refractivity contribution in [2.24, 2.45) is 18.4 Å². The number of ether oxygens (including phenoxy) is 1. The van der Waals surface area contributed by atoms with E-state index in [0.717, 1.165) is 6.07 Å². The zero-order chi connectivity index (χ0) is 23.8. The third-order valence-electron chi connectivity index (χ3n) is 6.74. The van der Waals surface area contributed by atoms with E-state index in [0.29, 0.717) is 57.2 Å². The molecule has 0 aliphatic carbocycles. The minimum atomic E-state index is -4.60. The summed E-state index contributed by atoms with van der Waals surface area (Å²) < 4.78 is 47.8. The number of piperidine rings is 1. The van der Waals surface area contributed by atoms with Gasteiger partial charge in [-0.1, -0.05) is 0 Å². The van der Waals surface area contributed by atoms with Gasteiger partial charge in [0.15, 0.2) is 0 Å². The minimum Gasteiger partial charge on any atom is -0.381 e. The molecule has 2 aromatic rings. The van der Waals surface area contributed by atoms with Crippen LogP contribution in [0.15, 0.2) is 30.5 Å². The van der Waals surface area contributed by atoms with Crippen molar-refractivity contribution in [3.63, 3.8) is 0 Å². The number of alkyl halides is 3. The Bertz CT molecular complexity index is 1080. The Kier molecular flexibility index (Phi) is 6.10. The number of aromatic nitrogens is 2. The molecule has 4 rings (SSSR count). The molecule has 0 bridgehead atoms. The Balaban J connectivity index is 1.58. The second kappa shape index (κ2) is 8.71. The molecular weight excluding hydrogens is 435 g/mol. The van der Waals surface area contributed by atoms with E-state index in [9.17, 15) is 18.0 Å². The average Bonchev–Trinajstić information content (AvgIpc) is 3.39. The molecule has 0 saturated carbocycles. The highest BCUT2D eigenvalue weighted by molar-refractivity contribution is 5.92. The number of nitriles is 1. The van der Waals surface area contributed by atoms with Crippen molar-refractivity contribution in [3.05, 3.63) is 47.3 Å². The van der Waals surface area contributed by atoms with Crippen molar-refractivity contribution in [1.29, 1.82) is 5.26 Å². The van der Waals surface area contributed by atoms with Crippen LogP contribution in [0.4, 0.5) is 18.9 Å². The molecule has 1 aromatic carbocycles. The molecule has 1 aromatic heterocycles. The van der Waals surface area contributed by atoms with E-state index in [-0.39, 0.29) is 22.8 Å². The summed E-state index contributed by atoms with van der Waals surface area (Å²) in [6.45, 7) is 5.03. The van der Waals surface area contributed by atoms with Crippen LogP contribution in [0.3, 0.4) is 0 Å². The number of anilines is 1. The molecule has 0 spiro atoms. The van der Waals surface area contributed by atoms with Crippen LogP contribution in [0.5, 0.6) is 0 Å². The molecule has 2 saturated heterocycles. The van der Waals surface area contributed by atoms with Crippen LogP contribution in [0, 0.1) is 22.7 Å². The fourth-order valence-electron chi connectivity index (χ4n) is 4.97. The van der Waals surface area contributed by atoms with Crippen molar-refractivity contribution >= 4 is 11.6 Å². The van der Waals surface area contributed by atoms with Crippen molar-refractivity contribution in [2.45, 2.75) is 19.5 Å². The number of carbonyl (C=O) groups is 1. The van der Waals surface area contributed by atoms with Gasteiger partial charge in [0.05, 0.1) is 23.8 Å². The predicted molar refractivity (Wildman–Crippen MR) is 115 cm³/mol. The molecule has 0 N–H and O–H groups in total. The number of rotatable bonds is 5. The van der Waals surface area contributed by atoms with Crippen LogP contribution in [-0.4, -0.2) is 60.0 Å². The molecule has 0 unspecified atom stereocenters. The van der Waals surface area contributed by atoms with Gasteiger partial charge in [-0.2, -0.15) is 23.5 Å². The molecule has 2 aliphatic heterocycles.